The van der Waals surface area contributed by atoms with Gasteiger partial charge in [0.1, 0.15) is 5.82 Å². The number of amides is 1. The predicted molar refractivity (Wildman–Crippen MR) is 102 cm³/mol. The monoisotopic (exact) mass is 323 g/mol. The lowest BCUT2D eigenvalue weighted by atomic mass is 10.3. The lowest BCUT2D eigenvalue weighted by molar-refractivity contribution is -0.116. The molecule has 1 heterocycles. The van der Waals surface area contributed by atoms with E-state index in [1.54, 1.807) is 6.20 Å². The number of unbranched alkanes of at least 4 members (excludes halogenated alkanes) is 2. The van der Waals surface area contributed by atoms with Crippen molar-refractivity contribution in [2.45, 2.75) is 73.6 Å². The molecule has 0 spiro atoms. The zero-order valence-electron chi connectivity index (χ0n) is 16.0. The Bertz CT molecular complexity index is 379. The quantitative estimate of drug-likeness (QED) is 0.666. The minimum Gasteiger partial charge on any atom is -0.316 e. The number of pyridine rings is 1. The van der Waals surface area contributed by atoms with Crippen molar-refractivity contribution in [1.29, 1.82) is 0 Å². The van der Waals surface area contributed by atoms with Crippen molar-refractivity contribution in [3.8, 4) is 0 Å². The molecule has 1 amide bonds. The van der Waals surface area contributed by atoms with Crippen molar-refractivity contribution in [3.63, 3.8) is 0 Å². The summed E-state index contributed by atoms with van der Waals surface area (Å²) in [6.07, 6.45) is 7.15. The first-order valence-corrected chi connectivity index (χ1v) is 9.07. The zero-order chi connectivity index (χ0) is 17.9. The summed E-state index contributed by atoms with van der Waals surface area (Å²) >= 11 is 0. The van der Waals surface area contributed by atoms with Crippen LogP contribution in [0.1, 0.15) is 72.3 Å². The standard InChI is InChI=1S/C13H21N3O.C4H10.C2H6/c1-3-4-7-14-8-6-13(17)16-12-10-11(2)5-9-15-12;1-3-4-2;1-2/h5,9-10,14H,3-4,6-8H2,1-2H3,(H,15,16,17);3-4H2,1-2H3;1-2H3. The van der Waals surface area contributed by atoms with E-state index in [9.17, 15) is 4.79 Å². The minimum absolute atomic E-state index is 0.00657. The van der Waals surface area contributed by atoms with Crippen LogP contribution in [0.15, 0.2) is 18.3 Å². The van der Waals surface area contributed by atoms with Gasteiger partial charge < -0.3 is 10.6 Å². The molecule has 0 atom stereocenters. The van der Waals surface area contributed by atoms with Gasteiger partial charge in [-0.15, -0.1) is 0 Å². The number of aryl methyl sites for hydroxylation is 1. The molecule has 0 radical (unpaired) electrons. The molecular formula is C19H37N3O. The molecule has 1 aromatic rings. The van der Waals surface area contributed by atoms with Crippen LogP contribution in [0.3, 0.4) is 0 Å². The van der Waals surface area contributed by atoms with Crippen molar-refractivity contribution >= 4 is 11.7 Å². The van der Waals surface area contributed by atoms with Crippen molar-refractivity contribution in [2.75, 3.05) is 18.4 Å². The largest absolute Gasteiger partial charge is 0.316 e. The molecule has 0 unspecified atom stereocenters. The number of carbonyl (C=O) groups is 1. The minimum atomic E-state index is 0.00657. The molecule has 2 N–H and O–H groups in total. The molecule has 0 aliphatic rings. The molecule has 134 valence electrons. The fourth-order valence-electron chi connectivity index (χ4n) is 1.44. The maximum Gasteiger partial charge on any atom is 0.226 e. The van der Waals surface area contributed by atoms with Gasteiger partial charge in [-0.2, -0.15) is 0 Å². The average molecular weight is 324 g/mol. The van der Waals surface area contributed by atoms with E-state index < -0.39 is 0 Å². The van der Waals surface area contributed by atoms with Crippen molar-refractivity contribution in [2.24, 2.45) is 0 Å². The maximum absolute atomic E-state index is 11.6. The van der Waals surface area contributed by atoms with Crippen molar-refractivity contribution in [1.82, 2.24) is 10.3 Å². The molecule has 4 nitrogen and oxygen atoms in total. The molecule has 1 rings (SSSR count). The SMILES string of the molecule is CC.CCCC.CCCCNCCC(=O)Nc1cc(C)ccn1. The predicted octanol–water partition coefficient (Wildman–Crippen LogP) is 4.94. The van der Waals surface area contributed by atoms with E-state index in [4.69, 9.17) is 0 Å². The fraction of sp³-hybridized carbons (Fsp3) is 0.684. The van der Waals surface area contributed by atoms with Crippen molar-refractivity contribution < 1.29 is 4.79 Å². The second-order valence-electron chi connectivity index (χ2n) is 5.12. The molecule has 0 aliphatic heterocycles. The molecule has 0 aromatic carbocycles. The Kier molecular flexibility index (Phi) is 19.3. The van der Waals surface area contributed by atoms with Gasteiger partial charge in [-0.1, -0.05) is 53.9 Å². The number of anilines is 1. The van der Waals surface area contributed by atoms with Crippen LogP contribution in [0.25, 0.3) is 0 Å². The van der Waals surface area contributed by atoms with Crippen LogP contribution >= 0.6 is 0 Å². The van der Waals surface area contributed by atoms with Crippen LogP contribution in [-0.2, 0) is 4.79 Å². The summed E-state index contributed by atoms with van der Waals surface area (Å²) in [6, 6.07) is 3.77. The molecule has 23 heavy (non-hydrogen) atoms. The molecule has 0 fully saturated rings. The highest BCUT2D eigenvalue weighted by Crippen LogP contribution is 2.05. The molecule has 0 saturated heterocycles. The summed E-state index contributed by atoms with van der Waals surface area (Å²) in [5, 5.41) is 6.02. The van der Waals surface area contributed by atoms with E-state index in [1.807, 2.05) is 32.9 Å². The highest BCUT2D eigenvalue weighted by atomic mass is 16.1. The summed E-state index contributed by atoms with van der Waals surface area (Å²) in [6.45, 7) is 14.2. The van der Waals surface area contributed by atoms with E-state index in [1.165, 1.54) is 19.3 Å². The van der Waals surface area contributed by atoms with Crippen LogP contribution in [0, 0.1) is 6.92 Å². The lowest BCUT2D eigenvalue weighted by Crippen LogP contribution is -2.22. The van der Waals surface area contributed by atoms with Crippen LogP contribution in [0.2, 0.25) is 0 Å². The van der Waals surface area contributed by atoms with Gasteiger partial charge in [0.2, 0.25) is 5.91 Å². The summed E-state index contributed by atoms with van der Waals surface area (Å²) in [4.78, 5) is 15.7. The normalized spacial score (nSPS) is 9.13. The van der Waals surface area contributed by atoms with E-state index in [-0.39, 0.29) is 5.91 Å². The second-order valence-corrected chi connectivity index (χ2v) is 5.12. The molecule has 1 aromatic heterocycles. The van der Waals surface area contributed by atoms with E-state index in [0.717, 1.165) is 25.1 Å². The topological polar surface area (TPSA) is 54.0 Å². The summed E-state index contributed by atoms with van der Waals surface area (Å²) in [5.74, 6) is 0.635. The Morgan fingerprint density at radius 1 is 1.09 bits per heavy atom. The number of carbonyl (C=O) groups excluding carboxylic acids is 1. The number of rotatable bonds is 8. The maximum atomic E-state index is 11.6. The Morgan fingerprint density at radius 3 is 2.26 bits per heavy atom. The van der Waals surface area contributed by atoms with Gasteiger partial charge in [0, 0.05) is 19.2 Å². The first kappa shape index (κ1) is 23.8. The summed E-state index contributed by atoms with van der Waals surface area (Å²) in [7, 11) is 0. The van der Waals surface area contributed by atoms with E-state index in [2.05, 4.69) is 36.4 Å². The van der Waals surface area contributed by atoms with E-state index in [0.29, 0.717) is 12.2 Å². The summed E-state index contributed by atoms with van der Waals surface area (Å²) in [5.41, 5.74) is 1.09. The molecule has 0 saturated carbocycles. The number of nitrogens with zero attached hydrogens (tertiary/aromatic N) is 1. The molecule has 0 aliphatic carbocycles. The van der Waals surface area contributed by atoms with Gasteiger partial charge in [0.05, 0.1) is 0 Å². The Balaban J connectivity index is 0. The van der Waals surface area contributed by atoms with Crippen LogP contribution in [-0.4, -0.2) is 24.0 Å². The average Bonchev–Trinajstić information content (AvgIpc) is 2.57. The molecular weight excluding hydrogens is 286 g/mol. The van der Waals surface area contributed by atoms with Crippen LogP contribution in [0.5, 0.6) is 0 Å². The molecule has 0 bridgehead atoms. The van der Waals surface area contributed by atoms with Crippen LogP contribution in [0.4, 0.5) is 5.82 Å². The number of hydrogen-bond donors (Lipinski definition) is 2. The first-order valence-electron chi connectivity index (χ1n) is 9.07. The fourth-order valence-corrected chi connectivity index (χ4v) is 1.44. The van der Waals surface area contributed by atoms with Gasteiger partial charge in [0.25, 0.3) is 0 Å². The smallest absolute Gasteiger partial charge is 0.226 e. The Morgan fingerprint density at radius 2 is 1.74 bits per heavy atom. The number of hydrogen-bond acceptors (Lipinski definition) is 3. The highest BCUT2D eigenvalue weighted by Gasteiger charge is 2.02. The highest BCUT2D eigenvalue weighted by molar-refractivity contribution is 5.89. The van der Waals surface area contributed by atoms with Crippen LogP contribution < -0.4 is 10.6 Å². The van der Waals surface area contributed by atoms with Gasteiger partial charge in [-0.3, -0.25) is 4.79 Å². The lowest BCUT2D eigenvalue weighted by Gasteiger charge is -2.05. The first-order chi connectivity index (χ1) is 11.1. The van der Waals surface area contributed by atoms with Gasteiger partial charge in [0.15, 0.2) is 0 Å². The Labute approximate surface area is 143 Å². The van der Waals surface area contributed by atoms with Crippen molar-refractivity contribution in [3.05, 3.63) is 23.9 Å². The van der Waals surface area contributed by atoms with Gasteiger partial charge >= 0.3 is 0 Å². The van der Waals surface area contributed by atoms with Gasteiger partial charge in [-0.05, 0) is 37.6 Å². The van der Waals surface area contributed by atoms with Gasteiger partial charge in [-0.25, -0.2) is 4.98 Å². The molecule has 4 heteroatoms. The number of aromatic nitrogens is 1. The third kappa shape index (κ3) is 16.8. The zero-order valence-corrected chi connectivity index (χ0v) is 16.0. The Hall–Kier alpha value is -1.42. The van der Waals surface area contributed by atoms with E-state index >= 15 is 0 Å². The third-order valence-electron chi connectivity index (χ3n) is 2.92. The second kappa shape index (κ2) is 18.6. The number of nitrogens with one attached hydrogen (secondary N) is 2. The third-order valence-corrected chi connectivity index (χ3v) is 2.92. The summed E-state index contributed by atoms with van der Waals surface area (Å²) < 4.78 is 0.